The van der Waals surface area contributed by atoms with Gasteiger partial charge in [0.25, 0.3) is 10.1 Å². The Hall–Kier alpha value is -1.07. The number of benzene rings is 1. The van der Waals surface area contributed by atoms with Crippen LogP contribution in [0.5, 0.6) is 0 Å². The average molecular weight is 301 g/mol. The van der Waals surface area contributed by atoms with Crippen LogP contribution in [0, 0.1) is 0 Å². The molecule has 0 bridgehead atoms. The van der Waals surface area contributed by atoms with E-state index >= 15 is 0 Å². The van der Waals surface area contributed by atoms with Crippen molar-refractivity contribution < 1.29 is 25.9 Å². The van der Waals surface area contributed by atoms with Crippen molar-refractivity contribution in [2.45, 2.75) is 4.90 Å². The minimum Gasteiger partial charge on any atom is -0.282 e. The highest BCUT2D eigenvalue weighted by Gasteiger charge is 2.12. The first-order chi connectivity index (χ1) is 7.59. The molecular formula is C6H5ClN2O6S2. The summed E-state index contributed by atoms with van der Waals surface area (Å²) in [6.45, 7) is 0. The van der Waals surface area contributed by atoms with Gasteiger partial charge in [-0.25, -0.2) is 0 Å². The SMILES string of the molecule is O=S(=O)(O)N=Nc1cc(S(=O)(=O)O)ccc1Cl. The molecule has 0 spiro atoms. The molecule has 0 aromatic heterocycles. The summed E-state index contributed by atoms with van der Waals surface area (Å²) in [5, 5.41) is 2.92. The van der Waals surface area contributed by atoms with Crippen molar-refractivity contribution in [1.29, 1.82) is 0 Å². The summed E-state index contributed by atoms with van der Waals surface area (Å²) in [7, 11) is -9.17. The van der Waals surface area contributed by atoms with Gasteiger partial charge in [0, 0.05) is 0 Å². The van der Waals surface area contributed by atoms with Gasteiger partial charge in [0.15, 0.2) is 0 Å². The molecule has 0 fully saturated rings. The molecule has 94 valence electrons. The monoisotopic (exact) mass is 300 g/mol. The van der Waals surface area contributed by atoms with E-state index in [0.717, 1.165) is 18.2 Å². The summed E-state index contributed by atoms with van der Waals surface area (Å²) in [6, 6.07) is 2.86. The normalized spacial score (nSPS) is 13.1. The molecule has 1 aromatic carbocycles. The topological polar surface area (TPSA) is 133 Å². The first kappa shape index (κ1) is 14.0. The second-order valence-corrected chi connectivity index (χ2v) is 5.61. The maximum atomic E-state index is 10.8. The second kappa shape index (κ2) is 4.66. The minimum absolute atomic E-state index is 0.107. The van der Waals surface area contributed by atoms with Crippen molar-refractivity contribution in [2.75, 3.05) is 0 Å². The van der Waals surface area contributed by atoms with Crippen molar-refractivity contribution >= 4 is 37.7 Å². The summed E-state index contributed by atoms with van der Waals surface area (Å²) in [6.07, 6.45) is 0. The fourth-order valence-corrected chi connectivity index (χ4v) is 1.67. The van der Waals surface area contributed by atoms with Gasteiger partial charge in [-0.1, -0.05) is 11.6 Å². The molecule has 2 N–H and O–H groups in total. The maximum Gasteiger partial charge on any atom is 0.396 e. The largest absolute Gasteiger partial charge is 0.396 e. The van der Waals surface area contributed by atoms with Crippen LogP contribution in [0.4, 0.5) is 5.69 Å². The first-order valence-corrected chi connectivity index (χ1v) is 6.98. The maximum absolute atomic E-state index is 10.8. The predicted octanol–water partition coefficient (Wildman–Crippen LogP) is 1.47. The van der Waals surface area contributed by atoms with Crippen LogP contribution in [0.3, 0.4) is 0 Å². The van der Waals surface area contributed by atoms with Crippen LogP contribution in [-0.4, -0.2) is 25.9 Å². The molecule has 11 heteroatoms. The molecule has 1 aromatic rings. The number of hydrogen-bond acceptors (Lipinski definition) is 5. The molecule has 1 rings (SSSR count). The van der Waals surface area contributed by atoms with Crippen LogP contribution >= 0.6 is 11.6 Å². The standard InChI is InChI=1S/C6H5ClN2O6S2/c7-5-2-1-4(16(10,11)12)3-6(5)8-9-17(13,14)15/h1-3H,(H,10,11,12)(H,13,14,15). The van der Waals surface area contributed by atoms with E-state index in [9.17, 15) is 16.8 Å². The number of halogens is 1. The molecule has 0 saturated heterocycles. The molecule has 0 aliphatic carbocycles. The Balaban J connectivity index is 3.31. The van der Waals surface area contributed by atoms with Gasteiger partial charge in [-0.15, -0.1) is 5.11 Å². The lowest BCUT2D eigenvalue weighted by atomic mass is 10.3. The highest BCUT2D eigenvalue weighted by atomic mass is 35.5. The lowest BCUT2D eigenvalue weighted by Gasteiger charge is -1.99. The fourth-order valence-electron chi connectivity index (χ4n) is 0.825. The summed E-state index contributed by atoms with van der Waals surface area (Å²) < 4.78 is 61.6. The summed E-state index contributed by atoms with van der Waals surface area (Å²) >= 11 is 5.57. The smallest absolute Gasteiger partial charge is 0.282 e. The molecular weight excluding hydrogens is 296 g/mol. The highest BCUT2D eigenvalue weighted by molar-refractivity contribution is 7.85. The first-order valence-electron chi connectivity index (χ1n) is 3.77. The van der Waals surface area contributed by atoms with E-state index in [2.05, 4.69) is 9.63 Å². The van der Waals surface area contributed by atoms with Crippen molar-refractivity contribution in [3.05, 3.63) is 23.2 Å². The third-order valence-corrected chi connectivity index (χ3v) is 2.92. The molecule has 0 amide bonds. The number of nitrogens with zero attached hydrogens (tertiary/aromatic N) is 2. The Morgan fingerprint density at radius 3 is 2.18 bits per heavy atom. The lowest BCUT2D eigenvalue weighted by Crippen LogP contribution is -1.97. The van der Waals surface area contributed by atoms with Crippen molar-refractivity contribution in [3.63, 3.8) is 0 Å². The van der Waals surface area contributed by atoms with Gasteiger partial charge in [0.1, 0.15) is 5.69 Å². The van der Waals surface area contributed by atoms with E-state index in [1.807, 2.05) is 0 Å². The fraction of sp³-hybridized carbons (Fsp3) is 0. The number of rotatable bonds is 3. The third-order valence-electron chi connectivity index (χ3n) is 1.47. The van der Waals surface area contributed by atoms with Crippen molar-refractivity contribution in [2.24, 2.45) is 9.63 Å². The Bertz CT molecular complexity index is 666. The minimum atomic E-state index is -4.70. The van der Waals surface area contributed by atoms with E-state index in [0.29, 0.717) is 0 Å². The zero-order valence-electron chi connectivity index (χ0n) is 7.85. The lowest BCUT2D eigenvalue weighted by molar-refractivity contribution is 0.481. The average Bonchev–Trinajstić information content (AvgIpc) is 2.13. The van der Waals surface area contributed by atoms with Gasteiger partial charge in [-0.05, 0) is 22.7 Å². The van der Waals surface area contributed by atoms with Gasteiger partial charge >= 0.3 is 10.3 Å². The molecule has 0 saturated carbocycles. The van der Waals surface area contributed by atoms with Crippen LogP contribution in [-0.2, 0) is 20.4 Å². The van der Waals surface area contributed by atoms with Crippen LogP contribution in [0.2, 0.25) is 5.02 Å². The van der Waals surface area contributed by atoms with E-state index in [4.69, 9.17) is 20.7 Å². The zero-order valence-corrected chi connectivity index (χ0v) is 10.2. The van der Waals surface area contributed by atoms with E-state index in [1.165, 1.54) is 0 Å². The van der Waals surface area contributed by atoms with E-state index < -0.39 is 25.3 Å². The summed E-state index contributed by atoms with van der Waals surface area (Å²) in [4.78, 5) is -0.536. The summed E-state index contributed by atoms with van der Waals surface area (Å²) in [5.41, 5.74) is -0.334. The van der Waals surface area contributed by atoms with Crippen LogP contribution in [0.15, 0.2) is 32.7 Å². The van der Waals surface area contributed by atoms with E-state index in [1.54, 1.807) is 0 Å². The molecule has 0 aliphatic rings. The van der Waals surface area contributed by atoms with Gasteiger partial charge in [0.05, 0.1) is 9.92 Å². The molecule has 0 radical (unpaired) electrons. The van der Waals surface area contributed by atoms with Gasteiger partial charge in [-0.3, -0.25) is 9.11 Å². The zero-order chi connectivity index (χ0) is 13.3. The molecule has 8 nitrogen and oxygen atoms in total. The van der Waals surface area contributed by atoms with Gasteiger partial charge in [0.2, 0.25) is 0 Å². The third kappa shape index (κ3) is 4.36. The van der Waals surface area contributed by atoms with Crippen LogP contribution in [0.25, 0.3) is 0 Å². The Labute approximate surface area is 102 Å². The molecule has 0 unspecified atom stereocenters. The predicted molar refractivity (Wildman–Crippen MR) is 57.3 cm³/mol. The van der Waals surface area contributed by atoms with Crippen LogP contribution in [0.1, 0.15) is 0 Å². The molecule has 0 aliphatic heterocycles. The molecule has 0 atom stereocenters. The quantitative estimate of drug-likeness (QED) is 0.641. The van der Waals surface area contributed by atoms with Crippen molar-refractivity contribution in [1.82, 2.24) is 0 Å². The second-order valence-electron chi connectivity index (χ2n) is 2.72. The van der Waals surface area contributed by atoms with Gasteiger partial charge < -0.3 is 0 Å². The number of hydrogen-bond donors (Lipinski definition) is 2. The highest BCUT2D eigenvalue weighted by Crippen LogP contribution is 2.28. The van der Waals surface area contributed by atoms with Crippen molar-refractivity contribution in [3.8, 4) is 0 Å². The molecule has 17 heavy (non-hydrogen) atoms. The Morgan fingerprint density at radius 2 is 1.71 bits per heavy atom. The van der Waals surface area contributed by atoms with Gasteiger partial charge in [-0.2, -0.15) is 16.8 Å². The van der Waals surface area contributed by atoms with Crippen LogP contribution < -0.4 is 0 Å². The Kier molecular flexibility index (Phi) is 3.84. The van der Waals surface area contributed by atoms with E-state index in [-0.39, 0.29) is 10.7 Å². The summed E-state index contributed by atoms with van der Waals surface area (Å²) in [5.74, 6) is 0. The Morgan fingerprint density at radius 1 is 1.12 bits per heavy atom. The molecule has 0 heterocycles.